The molecule has 2 fully saturated rings. The summed E-state index contributed by atoms with van der Waals surface area (Å²) >= 11 is 0. The summed E-state index contributed by atoms with van der Waals surface area (Å²) in [7, 11) is 0. The van der Waals surface area contributed by atoms with Crippen LogP contribution >= 0.6 is 0 Å². The molecule has 294 valence electrons. The predicted molar refractivity (Wildman–Crippen MR) is 220 cm³/mol. The number of ether oxygens (including phenoxy) is 2. The van der Waals surface area contributed by atoms with Gasteiger partial charge in [-0.15, -0.1) is 11.7 Å². The summed E-state index contributed by atoms with van der Waals surface area (Å²) in [4.78, 5) is 47.2. The van der Waals surface area contributed by atoms with Crippen LogP contribution in [0.3, 0.4) is 0 Å². The van der Waals surface area contributed by atoms with E-state index in [4.69, 9.17) is 9.47 Å². The first-order valence-electron chi connectivity index (χ1n) is 19.5. The average Bonchev–Trinajstić information content (AvgIpc) is 3.92. The van der Waals surface area contributed by atoms with E-state index in [2.05, 4.69) is 39.4 Å². The fourth-order valence-electron chi connectivity index (χ4n) is 9.14. The summed E-state index contributed by atoms with van der Waals surface area (Å²) in [6, 6.07) is 36.8. The number of morpholine rings is 1. The summed E-state index contributed by atoms with van der Waals surface area (Å²) in [5.41, 5.74) is 3.76. The minimum absolute atomic E-state index is 0.0446. The molecule has 2 amide bonds. The van der Waals surface area contributed by atoms with E-state index >= 15 is 4.79 Å². The molecule has 0 saturated carbocycles. The molecule has 5 aromatic carbocycles. The molecule has 12 heteroatoms. The third kappa shape index (κ3) is 6.41. The van der Waals surface area contributed by atoms with Gasteiger partial charge in [0.15, 0.2) is 0 Å². The summed E-state index contributed by atoms with van der Waals surface area (Å²) in [6.45, 7) is 4.02. The van der Waals surface area contributed by atoms with Gasteiger partial charge in [0.1, 0.15) is 42.0 Å². The van der Waals surface area contributed by atoms with Crippen LogP contribution in [0.15, 0.2) is 140 Å². The maximum atomic E-state index is 15.3. The zero-order valence-electron chi connectivity index (χ0n) is 31.9. The van der Waals surface area contributed by atoms with Crippen LogP contribution in [0.5, 0.6) is 5.75 Å². The van der Waals surface area contributed by atoms with Crippen LogP contribution in [0, 0.1) is 17.8 Å². The number of esters is 1. The highest BCUT2D eigenvalue weighted by Gasteiger charge is 2.74. The van der Waals surface area contributed by atoms with Gasteiger partial charge in [-0.25, -0.2) is 4.68 Å². The number of carbonyl (C=O) groups is 3. The standard InChI is InChI=1S/C47H40N6O6/c1-2-24-48-44(55)39-41-45(56)59-42(32-16-7-4-8-17-32)40(31-14-5-3-6-15-31)53(41)43(33-18-11-19-34(29-33)58-27-26-54)47(39)35-28-30(22-23-36(35)49-46(47)57)13-12-25-52-38-21-10-9-20-37(38)50-51-52/h2-11,14-23,28-29,39-43,54H,1,24-27H2,(H,48,55)(H,49,57)/t39-,40-,41-,42+,43+,47-/m1/s1. The number of rotatable bonds is 10. The van der Waals surface area contributed by atoms with Gasteiger partial charge in [0, 0.05) is 17.8 Å². The Morgan fingerprint density at radius 1 is 0.915 bits per heavy atom. The van der Waals surface area contributed by atoms with Gasteiger partial charge in [-0.2, -0.15) is 0 Å². The van der Waals surface area contributed by atoms with E-state index in [0.717, 1.165) is 22.2 Å². The van der Waals surface area contributed by atoms with Crippen LogP contribution in [0.2, 0.25) is 0 Å². The number of hydrogen-bond donors (Lipinski definition) is 3. The Kier molecular flexibility index (Phi) is 9.98. The van der Waals surface area contributed by atoms with E-state index in [1.165, 1.54) is 0 Å². The number of fused-ring (bicyclic) bond motifs is 4. The normalized spacial score (nSPS) is 23.1. The largest absolute Gasteiger partial charge is 0.491 e. The first-order valence-corrected chi connectivity index (χ1v) is 19.5. The van der Waals surface area contributed by atoms with E-state index in [1.807, 2.05) is 120 Å². The quantitative estimate of drug-likeness (QED) is 0.0941. The second-order valence-corrected chi connectivity index (χ2v) is 14.7. The average molecular weight is 785 g/mol. The van der Waals surface area contributed by atoms with Crippen molar-refractivity contribution in [3.05, 3.63) is 168 Å². The third-order valence-corrected chi connectivity index (χ3v) is 11.4. The molecule has 9 rings (SSSR count). The van der Waals surface area contributed by atoms with Crippen LogP contribution < -0.4 is 15.4 Å². The molecular formula is C47H40N6O6. The number of amides is 2. The first-order chi connectivity index (χ1) is 28.9. The van der Waals surface area contributed by atoms with Crippen LogP contribution in [0.1, 0.15) is 46.0 Å². The molecule has 59 heavy (non-hydrogen) atoms. The van der Waals surface area contributed by atoms with E-state index in [9.17, 15) is 14.7 Å². The summed E-state index contributed by atoms with van der Waals surface area (Å²) in [6.07, 6.45) is 0.753. The molecule has 6 atom stereocenters. The van der Waals surface area contributed by atoms with E-state index in [-0.39, 0.29) is 26.3 Å². The molecule has 0 aliphatic carbocycles. The molecule has 12 nitrogen and oxygen atoms in total. The summed E-state index contributed by atoms with van der Waals surface area (Å²) in [5.74, 6) is 4.07. The van der Waals surface area contributed by atoms with Crippen LogP contribution in [0.25, 0.3) is 11.0 Å². The van der Waals surface area contributed by atoms with Crippen molar-refractivity contribution in [3.8, 4) is 17.6 Å². The van der Waals surface area contributed by atoms with Gasteiger partial charge >= 0.3 is 5.97 Å². The Bertz CT molecular complexity index is 2640. The van der Waals surface area contributed by atoms with Gasteiger partial charge in [-0.1, -0.05) is 108 Å². The number of hydrogen-bond acceptors (Lipinski definition) is 9. The highest BCUT2D eigenvalue weighted by molar-refractivity contribution is 6.12. The van der Waals surface area contributed by atoms with Gasteiger partial charge in [-0.3, -0.25) is 19.3 Å². The van der Waals surface area contributed by atoms with Crippen LogP contribution in [0.4, 0.5) is 5.69 Å². The van der Waals surface area contributed by atoms with Gasteiger partial charge in [0.05, 0.1) is 30.1 Å². The molecule has 3 aliphatic rings. The highest BCUT2D eigenvalue weighted by Crippen LogP contribution is 2.65. The molecule has 1 aromatic heterocycles. The monoisotopic (exact) mass is 784 g/mol. The zero-order valence-corrected chi connectivity index (χ0v) is 31.9. The van der Waals surface area contributed by atoms with Crippen molar-refractivity contribution in [3.63, 3.8) is 0 Å². The van der Waals surface area contributed by atoms with Gasteiger partial charge in [-0.05, 0) is 64.7 Å². The van der Waals surface area contributed by atoms with Crippen molar-refractivity contribution in [2.45, 2.75) is 36.2 Å². The Labute approximate surface area is 340 Å². The number of nitrogens with zero attached hydrogens (tertiary/aromatic N) is 4. The molecular weight excluding hydrogens is 745 g/mol. The lowest BCUT2D eigenvalue weighted by Gasteiger charge is -2.46. The van der Waals surface area contributed by atoms with Crippen LogP contribution in [-0.2, 0) is 31.1 Å². The minimum atomic E-state index is -1.70. The van der Waals surface area contributed by atoms with Crippen LogP contribution in [-0.4, -0.2) is 68.6 Å². The lowest BCUT2D eigenvalue weighted by Crippen LogP contribution is -2.54. The molecule has 0 unspecified atom stereocenters. The number of aliphatic hydroxyl groups is 1. The number of anilines is 1. The SMILES string of the molecule is C=CCNC(=O)[C@H]1[C@@H]2C(=O)O[C@@H](c3ccccc3)[C@@H](c3ccccc3)N2[C@@H](c2cccc(OCCO)c2)[C@]12C(=O)Nc1ccc(C#CCn3nnc4ccccc43)cc12. The number of cyclic esters (lactones) is 1. The van der Waals surface area contributed by atoms with E-state index in [1.54, 1.807) is 22.9 Å². The highest BCUT2D eigenvalue weighted by atomic mass is 16.6. The molecule has 0 radical (unpaired) electrons. The lowest BCUT2D eigenvalue weighted by atomic mass is 9.65. The molecule has 1 spiro atoms. The second kappa shape index (κ2) is 15.7. The smallest absolute Gasteiger partial charge is 0.324 e. The number of carbonyl (C=O) groups excluding carboxylic acids is 3. The number of benzene rings is 5. The maximum Gasteiger partial charge on any atom is 0.324 e. The second-order valence-electron chi connectivity index (χ2n) is 14.7. The third-order valence-electron chi connectivity index (χ3n) is 11.4. The number of aromatic nitrogens is 3. The number of para-hydroxylation sites is 1. The predicted octanol–water partition coefficient (Wildman–Crippen LogP) is 5.43. The topological polar surface area (TPSA) is 148 Å². The Morgan fingerprint density at radius 2 is 1.66 bits per heavy atom. The molecule has 4 heterocycles. The van der Waals surface area contributed by atoms with Gasteiger partial charge < -0.3 is 25.2 Å². The Balaban J connectivity index is 1.27. The first kappa shape index (κ1) is 37.5. The van der Waals surface area contributed by atoms with Crippen molar-refractivity contribution in [1.82, 2.24) is 25.2 Å². The van der Waals surface area contributed by atoms with Crippen molar-refractivity contribution >= 4 is 34.5 Å². The number of aliphatic hydroxyl groups excluding tert-OH is 1. The summed E-state index contributed by atoms with van der Waals surface area (Å²) < 4.78 is 14.1. The summed E-state index contributed by atoms with van der Waals surface area (Å²) in [5, 5.41) is 24.2. The van der Waals surface area contributed by atoms with Crippen molar-refractivity contribution in [2.24, 2.45) is 5.92 Å². The fraction of sp³-hybridized carbons (Fsp3) is 0.213. The number of nitrogens with one attached hydrogen (secondary N) is 2. The minimum Gasteiger partial charge on any atom is -0.491 e. The van der Waals surface area contributed by atoms with Gasteiger partial charge in [0.25, 0.3) is 0 Å². The fourth-order valence-corrected chi connectivity index (χ4v) is 9.14. The Hall–Kier alpha value is -7.07. The molecule has 2 saturated heterocycles. The lowest BCUT2D eigenvalue weighted by molar-refractivity contribution is -0.178. The van der Waals surface area contributed by atoms with Crippen molar-refractivity contribution in [1.29, 1.82) is 0 Å². The van der Waals surface area contributed by atoms with Crippen molar-refractivity contribution in [2.75, 3.05) is 25.1 Å². The molecule has 3 aliphatic heterocycles. The van der Waals surface area contributed by atoms with Crippen molar-refractivity contribution < 1.29 is 29.0 Å². The molecule has 3 N–H and O–H groups in total. The van der Waals surface area contributed by atoms with Gasteiger partial charge in [0.2, 0.25) is 11.8 Å². The molecule has 6 aromatic rings. The maximum absolute atomic E-state index is 15.3. The van der Waals surface area contributed by atoms with E-state index < -0.39 is 53.3 Å². The zero-order chi connectivity index (χ0) is 40.5. The molecule has 0 bridgehead atoms. The Morgan fingerprint density at radius 3 is 2.44 bits per heavy atom. The van der Waals surface area contributed by atoms with E-state index in [0.29, 0.717) is 28.1 Å².